The first kappa shape index (κ1) is 16.4. The van der Waals surface area contributed by atoms with Crippen molar-refractivity contribution in [3.8, 4) is 17.2 Å². The first-order chi connectivity index (χ1) is 11.8. The quantitative estimate of drug-likeness (QED) is 0.476. The van der Waals surface area contributed by atoms with E-state index >= 15 is 0 Å². The zero-order chi connectivity index (χ0) is 16.8. The summed E-state index contributed by atoms with van der Waals surface area (Å²) in [5, 5.41) is 0.848. The molecule has 6 heteroatoms. The van der Waals surface area contributed by atoms with Crippen molar-refractivity contribution in [2.75, 3.05) is 19.5 Å². The van der Waals surface area contributed by atoms with E-state index in [1.807, 2.05) is 35.0 Å². The maximum atomic E-state index is 13.5. The molecule has 124 valence electrons. The summed E-state index contributed by atoms with van der Waals surface area (Å²) in [6.45, 7) is 0.399. The van der Waals surface area contributed by atoms with Gasteiger partial charge >= 0.3 is 0 Å². The van der Waals surface area contributed by atoms with Crippen LogP contribution in [0.15, 0.2) is 66.1 Å². The highest BCUT2D eigenvalue weighted by molar-refractivity contribution is 7.99. The fourth-order valence-corrected chi connectivity index (χ4v) is 2.99. The molecule has 2 aromatic carbocycles. The highest BCUT2D eigenvalue weighted by atomic mass is 32.2. The number of benzene rings is 2. The number of ether oxygens (including phenoxy) is 2. The third kappa shape index (κ3) is 3.89. The van der Waals surface area contributed by atoms with Crippen LogP contribution in [0.3, 0.4) is 0 Å². The van der Waals surface area contributed by atoms with Crippen LogP contribution in [0, 0.1) is 5.82 Å². The second-order valence-electron chi connectivity index (χ2n) is 4.91. The van der Waals surface area contributed by atoms with Crippen LogP contribution in [-0.4, -0.2) is 29.0 Å². The smallest absolute Gasteiger partial charge is 0.172 e. The first-order valence-corrected chi connectivity index (χ1v) is 8.44. The van der Waals surface area contributed by atoms with Crippen LogP contribution in [0.2, 0.25) is 0 Å². The van der Waals surface area contributed by atoms with Gasteiger partial charge in [0.25, 0.3) is 0 Å². The van der Waals surface area contributed by atoms with Crippen molar-refractivity contribution in [1.29, 1.82) is 0 Å². The summed E-state index contributed by atoms with van der Waals surface area (Å²) in [5.74, 6) is 1.38. The molecule has 0 bridgehead atoms. The summed E-state index contributed by atoms with van der Waals surface area (Å²) in [7, 11) is 1.64. The number of nitrogens with zero attached hydrogens (tertiary/aromatic N) is 2. The molecule has 0 unspecified atom stereocenters. The van der Waals surface area contributed by atoms with Crippen LogP contribution in [-0.2, 0) is 0 Å². The predicted octanol–water partition coefficient (Wildman–Crippen LogP) is 4.19. The lowest BCUT2D eigenvalue weighted by Gasteiger charge is -2.10. The number of imidazole rings is 1. The molecule has 0 radical (unpaired) electrons. The molecule has 0 saturated carbocycles. The Kier molecular flexibility index (Phi) is 5.38. The molecule has 3 rings (SSSR count). The lowest BCUT2D eigenvalue weighted by atomic mass is 10.3. The molecule has 3 aromatic rings. The van der Waals surface area contributed by atoms with E-state index in [0.717, 1.165) is 16.6 Å². The van der Waals surface area contributed by atoms with Crippen molar-refractivity contribution < 1.29 is 13.9 Å². The average Bonchev–Trinajstić information content (AvgIpc) is 3.09. The molecule has 0 N–H and O–H groups in total. The van der Waals surface area contributed by atoms with Gasteiger partial charge in [0.15, 0.2) is 16.7 Å². The Morgan fingerprint density at radius 3 is 2.88 bits per heavy atom. The van der Waals surface area contributed by atoms with E-state index in [1.165, 1.54) is 6.07 Å². The fourth-order valence-electron chi connectivity index (χ4n) is 2.20. The summed E-state index contributed by atoms with van der Waals surface area (Å²) < 4.78 is 26.2. The molecule has 0 amide bonds. The molecule has 0 atom stereocenters. The minimum atomic E-state index is -0.347. The molecule has 0 fully saturated rings. The van der Waals surface area contributed by atoms with Crippen LogP contribution < -0.4 is 9.47 Å². The number of hydrogen-bond acceptors (Lipinski definition) is 4. The number of para-hydroxylation sites is 1. The first-order valence-electron chi connectivity index (χ1n) is 7.46. The Bertz CT molecular complexity index is 807. The largest absolute Gasteiger partial charge is 0.497 e. The maximum Gasteiger partial charge on any atom is 0.172 e. The van der Waals surface area contributed by atoms with E-state index in [-0.39, 0.29) is 11.6 Å². The number of hydrogen-bond donors (Lipinski definition) is 0. The number of halogens is 1. The molecule has 1 heterocycles. The minimum absolute atomic E-state index is 0.272. The van der Waals surface area contributed by atoms with Gasteiger partial charge in [0.1, 0.15) is 5.75 Å². The minimum Gasteiger partial charge on any atom is -0.497 e. The van der Waals surface area contributed by atoms with Gasteiger partial charge in [0.05, 0.1) is 19.4 Å². The summed E-state index contributed by atoms with van der Waals surface area (Å²) in [6.07, 6.45) is 3.65. The molecule has 24 heavy (non-hydrogen) atoms. The summed E-state index contributed by atoms with van der Waals surface area (Å²) in [6, 6.07) is 14.2. The summed E-state index contributed by atoms with van der Waals surface area (Å²) in [4.78, 5) is 4.37. The van der Waals surface area contributed by atoms with Gasteiger partial charge in [-0.05, 0) is 24.3 Å². The average molecular weight is 344 g/mol. The Labute approximate surface area is 144 Å². The van der Waals surface area contributed by atoms with Crippen molar-refractivity contribution in [3.05, 3.63) is 66.7 Å². The molecule has 1 aromatic heterocycles. The Hall–Kier alpha value is -2.47. The van der Waals surface area contributed by atoms with Gasteiger partial charge in [-0.3, -0.25) is 4.57 Å². The number of thioether (sulfide) groups is 1. The lowest BCUT2D eigenvalue weighted by molar-refractivity contribution is 0.325. The molecular weight excluding hydrogens is 327 g/mol. The van der Waals surface area contributed by atoms with E-state index in [2.05, 4.69) is 4.98 Å². The highest BCUT2D eigenvalue weighted by Crippen LogP contribution is 2.23. The summed E-state index contributed by atoms with van der Waals surface area (Å²) in [5.41, 5.74) is 0.976. The van der Waals surface area contributed by atoms with Crippen LogP contribution in [0.5, 0.6) is 11.5 Å². The lowest BCUT2D eigenvalue weighted by Crippen LogP contribution is -2.03. The van der Waals surface area contributed by atoms with Gasteiger partial charge < -0.3 is 9.47 Å². The van der Waals surface area contributed by atoms with Crippen LogP contribution >= 0.6 is 11.8 Å². The zero-order valence-corrected chi connectivity index (χ0v) is 14.0. The van der Waals surface area contributed by atoms with Crippen LogP contribution in [0.1, 0.15) is 0 Å². The van der Waals surface area contributed by atoms with Crippen LogP contribution in [0.25, 0.3) is 5.69 Å². The SMILES string of the molecule is COc1cccc(-n2ccnc2SCCOc2ccccc2F)c1. The predicted molar refractivity (Wildman–Crippen MR) is 92.7 cm³/mol. The standard InChI is InChI=1S/C18H17FN2O2S/c1-22-15-6-4-5-14(13-15)21-10-9-20-18(21)24-12-11-23-17-8-3-2-7-16(17)19/h2-10,13H,11-12H2,1H3. The second-order valence-corrected chi connectivity index (χ2v) is 5.97. The van der Waals surface area contributed by atoms with Gasteiger partial charge in [0, 0.05) is 24.2 Å². The van der Waals surface area contributed by atoms with E-state index in [1.54, 1.807) is 43.3 Å². The maximum absolute atomic E-state index is 13.5. The van der Waals surface area contributed by atoms with Gasteiger partial charge in [-0.25, -0.2) is 9.37 Å². The topological polar surface area (TPSA) is 36.3 Å². The van der Waals surface area contributed by atoms with Crippen molar-refractivity contribution in [1.82, 2.24) is 9.55 Å². The zero-order valence-electron chi connectivity index (χ0n) is 13.2. The number of methoxy groups -OCH3 is 1. The number of rotatable bonds is 7. The molecule has 0 aliphatic carbocycles. The molecule has 0 spiro atoms. The third-order valence-electron chi connectivity index (χ3n) is 3.35. The highest BCUT2D eigenvalue weighted by Gasteiger charge is 2.07. The normalized spacial score (nSPS) is 10.6. The van der Waals surface area contributed by atoms with Gasteiger partial charge in [0.2, 0.25) is 0 Å². The number of aromatic nitrogens is 2. The Morgan fingerprint density at radius 1 is 1.17 bits per heavy atom. The molecule has 4 nitrogen and oxygen atoms in total. The monoisotopic (exact) mass is 344 g/mol. The fraction of sp³-hybridized carbons (Fsp3) is 0.167. The van der Waals surface area contributed by atoms with Crippen molar-refractivity contribution in [2.24, 2.45) is 0 Å². The molecule has 0 saturated heterocycles. The van der Waals surface area contributed by atoms with Crippen molar-refractivity contribution in [2.45, 2.75) is 5.16 Å². The van der Waals surface area contributed by atoms with Crippen molar-refractivity contribution in [3.63, 3.8) is 0 Å². The second kappa shape index (κ2) is 7.88. The Morgan fingerprint density at radius 2 is 2.04 bits per heavy atom. The van der Waals surface area contributed by atoms with Gasteiger partial charge in [-0.15, -0.1) is 0 Å². The van der Waals surface area contributed by atoms with Gasteiger partial charge in [-0.2, -0.15) is 0 Å². The molecule has 0 aliphatic heterocycles. The Balaban J connectivity index is 1.61. The van der Waals surface area contributed by atoms with E-state index < -0.39 is 0 Å². The van der Waals surface area contributed by atoms with Crippen LogP contribution in [0.4, 0.5) is 4.39 Å². The van der Waals surface area contributed by atoms with Crippen molar-refractivity contribution >= 4 is 11.8 Å². The van der Waals surface area contributed by atoms with E-state index in [4.69, 9.17) is 9.47 Å². The van der Waals surface area contributed by atoms with E-state index in [0.29, 0.717) is 12.4 Å². The molecular formula is C18H17FN2O2S. The third-order valence-corrected chi connectivity index (χ3v) is 4.28. The molecule has 0 aliphatic rings. The van der Waals surface area contributed by atoms with Gasteiger partial charge in [-0.1, -0.05) is 30.0 Å². The van der Waals surface area contributed by atoms with E-state index in [9.17, 15) is 4.39 Å². The summed E-state index contributed by atoms with van der Waals surface area (Å²) >= 11 is 1.55.